The topological polar surface area (TPSA) is 50.4 Å². The quantitative estimate of drug-likeness (QED) is 0.867. The maximum atomic E-state index is 12.1. The van der Waals surface area contributed by atoms with Crippen LogP contribution in [0.25, 0.3) is 0 Å². The van der Waals surface area contributed by atoms with E-state index in [4.69, 9.17) is 4.74 Å². The molecule has 1 aromatic rings. The third kappa shape index (κ3) is 3.78. The lowest BCUT2D eigenvalue weighted by molar-refractivity contribution is -0.126. The maximum Gasteiger partial charge on any atom is 0.240 e. The van der Waals surface area contributed by atoms with Crippen molar-refractivity contribution >= 4 is 5.91 Å². The number of hydrogen-bond acceptors (Lipinski definition) is 3. The van der Waals surface area contributed by atoms with E-state index in [-0.39, 0.29) is 18.0 Å². The second-order valence-corrected chi connectivity index (χ2v) is 5.23. The zero-order chi connectivity index (χ0) is 13.8. The summed E-state index contributed by atoms with van der Waals surface area (Å²) in [6, 6.07) is 6.14. The molecule has 1 aliphatic rings. The smallest absolute Gasteiger partial charge is 0.240 e. The van der Waals surface area contributed by atoms with E-state index in [0.717, 1.165) is 12.1 Å². The number of carbonyl (C=O) groups excluding carboxylic acids is 1. The van der Waals surface area contributed by atoms with E-state index >= 15 is 0 Å². The van der Waals surface area contributed by atoms with E-state index in [9.17, 15) is 4.79 Å². The molecule has 2 unspecified atom stereocenters. The van der Waals surface area contributed by atoms with Gasteiger partial charge in [-0.2, -0.15) is 0 Å². The fourth-order valence-electron chi connectivity index (χ4n) is 2.39. The second-order valence-electron chi connectivity index (χ2n) is 5.23. The van der Waals surface area contributed by atoms with Gasteiger partial charge in [0.25, 0.3) is 0 Å². The van der Waals surface area contributed by atoms with E-state index in [1.807, 2.05) is 6.92 Å². The summed E-state index contributed by atoms with van der Waals surface area (Å²) in [6.07, 6.45) is 0. The van der Waals surface area contributed by atoms with Gasteiger partial charge in [-0.25, -0.2) is 0 Å². The largest absolute Gasteiger partial charge is 0.378 e. The fraction of sp³-hybridized carbons (Fsp3) is 0.533. The summed E-state index contributed by atoms with van der Waals surface area (Å²) in [5, 5.41) is 6.20. The zero-order valence-corrected chi connectivity index (χ0v) is 11.8. The molecule has 2 rings (SSSR count). The lowest BCUT2D eigenvalue weighted by Crippen LogP contribution is -2.51. The summed E-state index contributed by atoms with van der Waals surface area (Å²) >= 11 is 0. The molecular formula is C15H22N2O2. The molecule has 1 heterocycles. The monoisotopic (exact) mass is 262 g/mol. The van der Waals surface area contributed by atoms with Crippen LogP contribution in [0.2, 0.25) is 0 Å². The average molecular weight is 262 g/mol. The highest BCUT2D eigenvalue weighted by molar-refractivity contribution is 5.82. The number of aryl methyl sites for hydroxylation is 2. The summed E-state index contributed by atoms with van der Waals surface area (Å²) in [4.78, 5) is 12.1. The van der Waals surface area contributed by atoms with Gasteiger partial charge in [-0.1, -0.05) is 29.3 Å². The minimum Gasteiger partial charge on any atom is -0.378 e. The first-order chi connectivity index (χ1) is 9.06. The molecule has 4 nitrogen and oxygen atoms in total. The zero-order valence-electron chi connectivity index (χ0n) is 11.8. The van der Waals surface area contributed by atoms with Gasteiger partial charge < -0.3 is 15.4 Å². The maximum absolute atomic E-state index is 12.1. The van der Waals surface area contributed by atoms with Gasteiger partial charge in [-0.3, -0.25) is 4.79 Å². The first-order valence-electron chi connectivity index (χ1n) is 6.76. The van der Waals surface area contributed by atoms with Crippen molar-refractivity contribution in [2.75, 3.05) is 19.8 Å². The molecule has 1 fully saturated rings. The Morgan fingerprint density at radius 2 is 2.05 bits per heavy atom. The van der Waals surface area contributed by atoms with Crippen molar-refractivity contribution in [3.8, 4) is 0 Å². The van der Waals surface area contributed by atoms with Gasteiger partial charge in [0, 0.05) is 6.54 Å². The van der Waals surface area contributed by atoms with Crippen LogP contribution in [-0.4, -0.2) is 31.7 Å². The predicted molar refractivity (Wildman–Crippen MR) is 75.1 cm³/mol. The number of amides is 1. The molecule has 0 spiro atoms. The SMILES string of the molecule is Cc1cc(C)cc(C(C)NC(=O)C2COCCN2)c1. The van der Waals surface area contributed by atoms with Crippen LogP contribution < -0.4 is 10.6 Å². The number of carbonyl (C=O) groups is 1. The molecule has 4 heteroatoms. The molecule has 0 bridgehead atoms. The summed E-state index contributed by atoms with van der Waals surface area (Å²) in [5.41, 5.74) is 3.58. The van der Waals surface area contributed by atoms with Gasteiger partial charge in [0.1, 0.15) is 6.04 Å². The van der Waals surface area contributed by atoms with E-state index in [0.29, 0.717) is 13.2 Å². The number of ether oxygens (including phenoxy) is 1. The van der Waals surface area contributed by atoms with E-state index < -0.39 is 0 Å². The van der Waals surface area contributed by atoms with Gasteiger partial charge >= 0.3 is 0 Å². The standard InChI is InChI=1S/C15H22N2O2/c1-10-6-11(2)8-13(7-10)12(3)17-15(18)14-9-19-5-4-16-14/h6-8,12,14,16H,4-5,9H2,1-3H3,(H,17,18). The van der Waals surface area contributed by atoms with Crippen LogP contribution in [0.1, 0.15) is 29.7 Å². The predicted octanol–water partition coefficient (Wildman–Crippen LogP) is 1.47. The van der Waals surface area contributed by atoms with Gasteiger partial charge in [-0.15, -0.1) is 0 Å². The first-order valence-corrected chi connectivity index (χ1v) is 6.76. The summed E-state index contributed by atoms with van der Waals surface area (Å²) in [5.74, 6) is 0.00589. The molecule has 1 saturated heterocycles. The number of hydrogen-bond donors (Lipinski definition) is 2. The third-order valence-electron chi connectivity index (χ3n) is 3.34. The Balaban J connectivity index is 1.99. The van der Waals surface area contributed by atoms with E-state index in [2.05, 4.69) is 42.7 Å². The Morgan fingerprint density at radius 1 is 1.37 bits per heavy atom. The molecule has 0 saturated carbocycles. The number of morpholine rings is 1. The lowest BCUT2D eigenvalue weighted by Gasteiger charge is -2.25. The number of benzene rings is 1. The van der Waals surface area contributed by atoms with Gasteiger partial charge in [0.2, 0.25) is 5.91 Å². The molecule has 0 aliphatic carbocycles. The first kappa shape index (κ1) is 14.0. The Labute approximate surface area is 114 Å². The van der Waals surface area contributed by atoms with E-state index in [1.165, 1.54) is 11.1 Å². The Kier molecular flexibility index (Phi) is 4.56. The van der Waals surface area contributed by atoms with Crippen molar-refractivity contribution in [3.05, 3.63) is 34.9 Å². The lowest BCUT2D eigenvalue weighted by atomic mass is 10.0. The van der Waals surface area contributed by atoms with Gasteiger partial charge in [0.05, 0.1) is 19.3 Å². The average Bonchev–Trinajstić information content (AvgIpc) is 2.38. The fourth-order valence-corrected chi connectivity index (χ4v) is 2.39. The minimum atomic E-state index is -0.234. The summed E-state index contributed by atoms with van der Waals surface area (Å²) < 4.78 is 5.31. The Morgan fingerprint density at radius 3 is 2.63 bits per heavy atom. The molecule has 1 aromatic carbocycles. The molecule has 104 valence electrons. The van der Waals surface area contributed by atoms with Crippen molar-refractivity contribution in [2.45, 2.75) is 32.9 Å². The summed E-state index contributed by atoms with van der Waals surface area (Å²) in [7, 11) is 0. The van der Waals surface area contributed by atoms with Crippen LogP contribution in [0.5, 0.6) is 0 Å². The number of rotatable bonds is 3. The highest BCUT2D eigenvalue weighted by Crippen LogP contribution is 2.16. The van der Waals surface area contributed by atoms with Crippen molar-refractivity contribution in [2.24, 2.45) is 0 Å². The van der Waals surface area contributed by atoms with Crippen molar-refractivity contribution in [1.82, 2.24) is 10.6 Å². The molecule has 1 amide bonds. The minimum absolute atomic E-state index is 0.00589. The molecule has 0 aromatic heterocycles. The van der Waals surface area contributed by atoms with Crippen LogP contribution in [0.4, 0.5) is 0 Å². The van der Waals surface area contributed by atoms with Crippen LogP contribution in [0, 0.1) is 13.8 Å². The van der Waals surface area contributed by atoms with Crippen molar-refractivity contribution in [3.63, 3.8) is 0 Å². The molecule has 0 radical (unpaired) electrons. The summed E-state index contributed by atoms with van der Waals surface area (Å²) in [6.45, 7) is 8.01. The molecule has 19 heavy (non-hydrogen) atoms. The van der Waals surface area contributed by atoms with Crippen molar-refractivity contribution < 1.29 is 9.53 Å². The van der Waals surface area contributed by atoms with E-state index in [1.54, 1.807) is 0 Å². The van der Waals surface area contributed by atoms with Gasteiger partial charge in [0.15, 0.2) is 0 Å². The molecule has 2 atom stereocenters. The highest BCUT2D eigenvalue weighted by atomic mass is 16.5. The van der Waals surface area contributed by atoms with Crippen LogP contribution >= 0.6 is 0 Å². The van der Waals surface area contributed by atoms with Crippen LogP contribution in [0.15, 0.2) is 18.2 Å². The van der Waals surface area contributed by atoms with Crippen LogP contribution in [0.3, 0.4) is 0 Å². The number of nitrogens with one attached hydrogen (secondary N) is 2. The van der Waals surface area contributed by atoms with Crippen LogP contribution in [-0.2, 0) is 9.53 Å². The highest BCUT2D eigenvalue weighted by Gasteiger charge is 2.22. The van der Waals surface area contributed by atoms with Crippen molar-refractivity contribution in [1.29, 1.82) is 0 Å². The normalized spacial score (nSPS) is 20.9. The third-order valence-corrected chi connectivity index (χ3v) is 3.34. The molecule has 1 aliphatic heterocycles. The second kappa shape index (κ2) is 6.17. The molecule has 2 N–H and O–H groups in total. The molecular weight excluding hydrogens is 240 g/mol. The van der Waals surface area contributed by atoms with Gasteiger partial charge in [-0.05, 0) is 26.3 Å². The Bertz CT molecular complexity index is 433. The Hall–Kier alpha value is -1.39.